The molecule has 2 aromatic heterocycles. The van der Waals surface area contributed by atoms with Crippen LogP contribution in [0.3, 0.4) is 0 Å². The number of aromatic nitrogens is 1. The lowest BCUT2D eigenvalue weighted by molar-refractivity contribution is -0.121. The number of nitrogens with one attached hydrogen (secondary N) is 1. The molecular weight excluding hydrogens is 300 g/mol. The maximum absolute atomic E-state index is 12.0. The van der Waals surface area contributed by atoms with Gasteiger partial charge in [0, 0.05) is 19.2 Å². The zero-order valence-corrected chi connectivity index (χ0v) is 13.7. The number of nitrogens with zero attached hydrogens (tertiary/aromatic N) is 1. The molecule has 0 radical (unpaired) electrons. The molecule has 0 aliphatic rings. The van der Waals surface area contributed by atoms with E-state index >= 15 is 0 Å². The van der Waals surface area contributed by atoms with E-state index < -0.39 is 0 Å². The van der Waals surface area contributed by atoms with E-state index in [-0.39, 0.29) is 5.91 Å². The Morgan fingerprint density at radius 3 is 2.71 bits per heavy atom. The van der Waals surface area contributed by atoms with Gasteiger partial charge in [-0.15, -0.1) is 0 Å². The first-order valence-corrected chi connectivity index (χ1v) is 8.02. The van der Waals surface area contributed by atoms with Gasteiger partial charge >= 0.3 is 0 Å². The normalized spacial score (nSPS) is 10.5. The Bertz CT molecular complexity index is 793. The molecule has 3 rings (SSSR count). The first kappa shape index (κ1) is 16.0. The molecule has 0 spiro atoms. The van der Waals surface area contributed by atoms with E-state index in [9.17, 15) is 4.79 Å². The van der Waals surface area contributed by atoms with Gasteiger partial charge in [-0.25, -0.2) is 0 Å². The van der Waals surface area contributed by atoms with Crippen molar-refractivity contribution in [1.29, 1.82) is 0 Å². The summed E-state index contributed by atoms with van der Waals surface area (Å²) in [5, 5.41) is 2.94. The Kier molecular flexibility index (Phi) is 5.06. The first-order chi connectivity index (χ1) is 11.7. The highest BCUT2D eigenvalue weighted by Gasteiger charge is 2.05. The van der Waals surface area contributed by atoms with Crippen molar-refractivity contribution in [3.05, 3.63) is 77.7 Å². The predicted octanol–water partition coefficient (Wildman–Crippen LogP) is 3.90. The molecule has 0 aliphatic heterocycles. The van der Waals surface area contributed by atoms with Crippen molar-refractivity contribution < 1.29 is 9.21 Å². The van der Waals surface area contributed by atoms with Crippen LogP contribution in [0.15, 0.2) is 65.4 Å². The van der Waals surface area contributed by atoms with E-state index in [0.29, 0.717) is 13.0 Å². The molecule has 122 valence electrons. The van der Waals surface area contributed by atoms with Gasteiger partial charge in [-0.1, -0.05) is 30.3 Å². The summed E-state index contributed by atoms with van der Waals surface area (Å²) in [6, 6.07) is 15.7. The van der Waals surface area contributed by atoms with Crippen LogP contribution in [0.2, 0.25) is 0 Å². The van der Waals surface area contributed by atoms with Crippen LogP contribution in [-0.2, 0) is 17.8 Å². The highest BCUT2D eigenvalue weighted by Crippen LogP contribution is 2.17. The summed E-state index contributed by atoms with van der Waals surface area (Å²) in [6.07, 6.45) is 4.63. The summed E-state index contributed by atoms with van der Waals surface area (Å²) in [6.45, 7) is 2.55. The molecule has 0 bridgehead atoms. The van der Waals surface area contributed by atoms with Crippen molar-refractivity contribution in [1.82, 2.24) is 10.3 Å². The quantitative estimate of drug-likeness (QED) is 0.749. The summed E-state index contributed by atoms with van der Waals surface area (Å²) in [4.78, 5) is 16.4. The van der Waals surface area contributed by atoms with Crippen LogP contribution in [0.25, 0.3) is 11.5 Å². The molecule has 1 amide bonds. The number of pyridine rings is 1. The molecule has 0 unspecified atom stereocenters. The van der Waals surface area contributed by atoms with Crippen LogP contribution >= 0.6 is 0 Å². The topological polar surface area (TPSA) is 55.1 Å². The molecule has 4 heteroatoms. The number of aryl methyl sites for hydroxylation is 2. The Morgan fingerprint density at radius 1 is 1.12 bits per heavy atom. The Labute approximate surface area is 141 Å². The lowest BCUT2D eigenvalue weighted by atomic mass is 10.0. The van der Waals surface area contributed by atoms with Crippen molar-refractivity contribution in [2.45, 2.75) is 26.3 Å². The molecule has 4 nitrogen and oxygen atoms in total. The zero-order valence-electron chi connectivity index (χ0n) is 13.7. The average molecular weight is 320 g/mol. The third-order valence-electron chi connectivity index (χ3n) is 3.97. The minimum Gasteiger partial charge on any atom is -0.463 e. The van der Waals surface area contributed by atoms with Crippen LogP contribution in [0.1, 0.15) is 23.1 Å². The van der Waals surface area contributed by atoms with Gasteiger partial charge in [0.15, 0.2) is 5.76 Å². The van der Waals surface area contributed by atoms with Gasteiger partial charge < -0.3 is 9.73 Å². The summed E-state index contributed by atoms with van der Waals surface area (Å²) in [5.41, 5.74) is 4.20. The number of benzene rings is 1. The second-order valence-corrected chi connectivity index (χ2v) is 5.73. The van der Waals surface area contributed by atoms with Crippen LogP contribution in [0.4, 0.5) is 0 Å². The van der Waals surface area contributed by atoms with Gasteiger partial charge in [0.1, 0.15) is 5.69 Å². The minimum atomic E-state index is 0.0494. The van der Waals surface area contributed by atoms with E-state index in [2.05, 4.69) is 29.4 Å². The predicted molar refractivity (Wildman–Crippen MR) is 93.3 cm³/mol. The summed E-state index contributed by atoms with van der Waals surface area (Å²) >= 11 is 0. The van der Waals surface area contributed by atoms with Gasteiger partial charge in [0.05, 0.1) is 6.26 Å². The maximum atomic E-state index is 12.0. The molecule has 0 fully saturated rings. The fourth-order valence-corrected chi connectivity index (χ4v) is 2.53. The molecule has 0 aliphatic carbocycles. The van der Waals surface area contributed by atoms with E-state index in [1.54, 1.807) is 12.5 Å². The Balaban J connectivity index is 1.48. The molecule has 0 saturated heterocycles. The third-order valence-corrected chi connectivity index (χ3v) is 3.97. The van der Waals surface area contributed by atoms with Gasteiger partial charge in [0.2, 0.25) is 5.91 Å². The summed E-state index contributed by atoms with van der Waals surface area (Å²) in [5.74, 6) is 0.789. The largest absolute Gasteiger partial charge is 0.463 e. The summed E-state index contributed by atoms with van der Waals surface area (Å²) < 4.78 is 5.31. The number of rotatable bonds is 6. The molecule has 24 heavy (non-hydrogen) atoms. The maximum Gasteiger partial charge on any atom is 0.220 e. The lowest BCUT2D eigenvalue weighted by Crippen LogP contribution is -2.23. The first-order valence-electron chi connectivity index (χ1n) is 8.02. The van der Waals surface area contributed by atoms with E-state index in [1.807, 2.05) is 36.4 Å². The molecule has 1 aromatic carbocycles. The second kappa shape index (κ2) is 7.59. The van der Waals surface area contributed by atoms with Crippen molar-refractivity contribution >= 4 is 5.91 Å². The van der Waals surface area contributed by atoms with Crippen molar-refractivity contribution in [2.75, 3.05) is 0 Å². The number of amides is 1. The number of furan rings is 1. The fourth-order valence-electron chi connectivity index (χ4n) is 2.53. The second-order valence-electron chi connectivity index (χ2n) is 5.73. The highest BCUT2D eigenvalue weighted by molar-refractivity contribution is 5.76. The standard InChI is InChI=1S/C20H20N2O2/c1-15-5-2-3-6-17(15)9-11-20(23)22-14-16-8-10-18(21-13-16)19-7-4-12-24-19/h2-8,10,12-13H,9,11,14H2,1H3,(H,22,23). The molecule has 0 saturated carbocycles. The van der Waals surface area contributed by atoms with Gasteiger partial charge in [-0.05, 0) is 48.2 Å². The molecule has 2 heterocycles. The van der Waals surface area contributed by atoms with E-state index in [0.717, 1.165) is 23.4 Å². The van der Waals surface area contributed by atoms with E-state index in [4.69, 9.17) is 4.42 Å². The Morgan fingerprint density at radius 2 is 2.00 bits per heavy atom. The third kappa shape index (κ3) is 4.10. The van der Waals surface area contributed by atoms with Gasteiger partial charge in [-0.3, -0.25) is 9.78 Å². The van der Waals surface area contributed by atoms with Crippen molar-refractivity contribution in [3.63, 3.8) is 0 Å². The van der Waals surface area contributed by atoms with Crippen molar-refractivity contribution in [3.8, 4) is 11.5 Å². The Hall–Kier alpha value is -2.88. The highest BCUT2D eigenvalue weighted by atomic mass is 16.3. The monoisotopic (exact) mass is 320 g/mol. The number of hydrogen-bond donors (Lipinski definition) is 1. The molecular formula is C20H20N2O2. The molecule has 0 atom stereocenters. The summed E-state index contributed by atoms with van der Waals surface area (Å²) in [7, 11) is 0. The number of carbonyl (C=O) groups is 1. The minimum absolute atomic E-state index is 0.0494. The van der Waals surface area contributed by atoms with Gasteiger partial charge in [-0.2, -0.15) is 0 Å². The number of carbonyl (C=O) groups excluding carboxylic acids is 1. The SMILES string of the molecule is Cc1ccccc1CCC(=O)NCc1ccc(-c2ccco2)nc1. The van der Waals surface area contributed by atoms with Crippen molar-refractivity contribution in [2.24, 2.45) is 0 Å². The van der Waals surface area contributed by atoms with Crippen LogP contribution < -0.4 is 5.32 Å². The van der Waals surface area contributed by atoms with Gasteiger partial charge in [0.25, 0.3) is 0 Å². The van der Waals surface area contributed by atoms with E-state index in [1.165, 1.54) is 11.1 Å². The zero-order chi connectivity index (χ0) is 16.8. The smallest absolute Gasteiger partial charge is 0.220 e. The fraction of sp³-hybridized carbons (Fsp3) is 0.200. The average Bonchev–Trinajstić information content (AvgIpc) is 3.14. The number of hydrogen-bond acceptors (Lipinski definition) is 3. The van der Waals surface area contributed by atoms with Crippen LogP contribution in [-0.4, -0.2) is 10.9 Å². The lowest BCUT2D eigenvalue weighted by Gasteiger charge is -2.07. The van der Waals surface area contributed by atoms with Crippen LogP contribution in [0, 0.1) is 6.92 Å². The van der Waals surface area contributed by atoms with Crippen LogP contribution in [0.5, 0.6) is 0 Å². The molecule has 3 aromatic rings. The molecule has 1 N–H and O–H groups in total.